The van der Waals surface area contributed by atoms with Gasteiger partial charge in [0.1, 0.15) is 6.33 Å². The van der Waals surface area contributed by atoms with Gasteiger partial charge in [0.15, 0.2) is 17.3 Å². The summed E-state index contributed by atoms with van der Waals surface area (Å²) in [6.07, 6.45) is 3.05. The van der Waals surface area contributed by atoms with E-state index in [0.29, 0.717) is 22.7 Å². The number of primary amides is 1. The number of aromatic hydroxyl groups is 1. The number of carbonyl (C=O) groups excluding carboxylic acids is 1. The molecule has 9 heteroatoms. The molecule has 4 rings (SSSR count). The number of nitrogens with two attached hydrogens (primary N) is 1. The van der Waals surface area contributed by atoms with Gasteiger partial charge in [-0.15, -0.1) is 11.3 Å². The highest BCUT2D eigenvalue weighted by atomic mass is 32.1. The number of aromatic nitrogens is 2. The van der Waals surface area contributed by atoms with Crippen molar-refractivity contribution in [3.63, 3.8) is 0 Å². The predicted molar refractivity (Wildman–Crippen MR) is 122 cm³/mol. The number of thiophene rings is 1. The normalized spacial score (nSPS) is 11.2. The third kappa shape index (κ3) is 4.03. The van der Waals surface area contributed by atoms with Crippen LogP contribution in [0.5, 0.6) is 11.5 Å². The average molecular weight is 433 g/mol. The van der Waals surface area contributed by atoms with E-state index in [0.717, 1.165) is 26.2 Å². The average Bonchev–Trinajstić information content (AvgIpc) is 3.11. The molecule has 2 aromatic heterocycles. The predicted octanol–water partition coefficient (Wildman–Crippen LogP) is 3.93. The summed E-state index contributed by atoms with van der Waals surface area (Å²) in [7, 11) is 1.49. The molecule has 2 aromatic carbocycles. The summed E-state index contributed by atoms with van der Waals surface area (Å²) in [6.45, 7) is 1.98. The zero-order valence-electron chi connectivity index (χ0n) is 16.8. The summed E-state index contributed by atoms with van der Waals surface area (Å²) in [6, 6.07) is 12.2. The van der Waals surface area contributed by atoms with Crippen LogP contribution in [-0.4, -0.2) is 34.3 Å². The van der Waals surface area contributed by atoms with E-state index in [9.17, 15) is 9.90 Å². The number of methoxy groups -OCH3 is 1. The molecule has 1 amide bonds. The highest BCUT2D eigenvalue weighted by Gasteiger charge is 2.16. The minimum Gasteiger partial charge on any atom is -0.504 e. The van der Waals surface area contributed by atoms with Crippen LogP contribution in [0, 0.1) is 6.92 Å². The molecule has 0 unspecified atom stereocenters. The van der Waals surface area contributed by atoms with Crippen molar-refractivity contribution in [2.75, 3.05) is 12.5 Å². The van der Waals surface area contributed by atoms with Crippen molar-refractivity contribution in [1.82, 2.24) is 9.97 Å². The van der Waals surface area contributed by atoms with Crippen LogP contribution in [0.3, 0.4) is 0 Å². The maximum atomic E-state index is 11.5. The second-order valence-corrected chi connectivity index (χ2v) is 7.72. The van der Waals surface area contributed by atoms with Crippen LogP contribution in [-0.2, 0) is 0 Å². The largest absolute Gasteiger partial charge is 0.504 e. The third-order valence-corrected chi connectivity index (χ3v) is 6.04. The van der Waals surface area contributed by atoms with Crippen molar-refractivity contribution in [2.24, 2.45) is 10.8 Å². The van der Waals surface area contributed by atoms with Crippen molar-refractivity contribution < 1.29 is 14.6 Å². The number of hydrogen-bond donors (Lipinski definition) is 3. The molecule has 0 aliphatic carbocycles. The first kappa shape index (κ1) is 20.3. The zero-order chi connectivity index (χ0) is 22.0. The first-order chi connectivity index (χ1) is 15.0. The molecule has 0 atom stereocenters. The summed E-state index contributed by atoms with van der Waals surface area (Å²) >= 11 is 1.51. The number of amides is 1. The Kier molecular flexibility index (Phi) is 5.50. The van der Waals surface area contributed by atoms with Crippen LogP contribution < -0.4 is 15.9 Å². The van der Waals surface area contributed by atoms with Gasteiger partial charge in [0, 0.05) is 10.4 Å². The number of carbonyl (C=O) groups is 1. The van der Waals surface area contributed by atoms with Gasteiger partial charge in [-0.25, -0.2) is 9.97 Å². The second-order valence-electron chi connectivity index (χ2n) is 6.70. The van der Waals surface area contributed by atoms with Crippen LogP contribution in [0.4, 0.5) is 5.82 Å². The molecule has 4 aromatic rings. The molecule has 0 aliphatic heterocycles. The van der Waals surface area contributed by atoms with Gasteiger partial charge in [-0.05, 0) is 53.9 Å². The molecular weight excluding hydrogens is 414 g/mol. The number of fused-ring (bicyclic) bond motifs is 1. The van der Waals surface area contributed by atoms with E-state index >= 15 is 0 Å². The SMILES string of the molecule is COc1ccc(C=NNc2ncnc3c(C)c(-c4cccc(C(N)=O)c4)sc23)cc1O. The number of nitrogens with zero attached hydrogens (tertiary/aromatic N) is 3. The molecule has 0 spiro atoms. The minimum absolute atomic E-state index is 0.0348. The van der Waals surface area contributed by atoms with E-state index in [1.165, 1.54) is 24.8 Å². The van der Waals surface area contributed by atoms with Crippen molar-refractivity contribution >= 4 is 39.5 Å². The lowest BCUT2D eigenvalue weighted by Gasteiger charge is -2.03. The van der Waals surface area contributed by atoms with Crippen molar-refractivity contribution in [3.8, 4) is 21.9 Å². The number of phenolic OH excluding ortho intramolecular Hbond substituents is 1. The topological polar surface area (TPSA) is 123 Å². The van der Waals surface area contributed by atoms with Crippen LogP contribution >= 0.6 is 11.3 Å². The molecule has 0 aliphatic rings. The first-order valence-electron chi connectivity index (χ1n) is 9.28. The second kappa shape index (κ2) is 8.41. The fourth-order valence-corrected chi connectivity index (χ4v) is 4.34. The van der Waals surface area contributed by atoms with Gasteiger partial charge in [0.25, 0.3) is 0 Å². The Morgan fingerprint density at radius 1 is 1.26 bits per heavy atom. The number of anilines is 1. The molecule has 8 nitrogen and oxygen atoms in total. The lowest BCUT2D eigenvalue weighted by Crippen LogP contribution is -2.10. The lowest BCUT2D eigenvalue weighted by molar-refractivity contribution is 0.100. The van der Waals surface area contributed by atoms with Crippen LogP contribution in [0.2, 0.25) is 0 Å². The van der Waals surface area contributed by atoms with Crippen molar-refractivity contribution in [1.29, 1.82) is 0 Å². The Hall–Kier alpha value is -3.98. The molecule has 0 fully saturated rings. The molecule has 0 bridgehead atoms. The molecule has 31 heavy (non-hydrogen) atoms. The number of ether oxygens (including phenoxy) is 1. The van der Waals surface area contributed by atoms with Gasteiger partial charge in [-0.1, -0.05) is 12.1 Å². The Morgan fingerprint density at radius 2 is 2.10 bits per heavy atom. The fourth-order valence-electron chi connectivity index (χ4n) is 3.15. The number of hydrazone groups is 1. The van der Waals surface area contributed by atoms with E-state index in [2.05, 4.69) is 20.5 Å². The molecule has 0 saturated heterocycles. The number of phenols is 1. The number of hydrogen-bond acceptors (Lipinski definition) is 8. The molecule has 0 saturated carbocycles. The van der Waals surface area contributed by atoms with Gasteiger partial charge in [-0.3, -0.25) is 10.2 Å². The van der Waals surface area contributed by atoms with Gasteiger partial charge in [-0.2, -0.15) is 5.10 Å². The summed E-state index contributed by atoms with van der Waals surface area (Å²) in [5.74, 6) is 0.517. The maximum Gasteiger partial charge on any atom is 0.248 e. The number of aryl methyl sites for hydroxylation is 1. The monoisotopic (exact) mass is 433 g/mol. The van der Waals surface area contributed by atoms with Gasteiger partial charge in [0.05, 0.1) is 23.5 Å². The molecule has 4 N–H and O–H groups in total. The highest BCUT2D eigenvalue weighted by molar-refractivity contribution is 7.23. The first-order valence-corrected chi connectivity index (χ1v) is 10.1. The van der Waals surface area contributed by atoms with E-state index in [4.69, 9.17) is 10.5 Å². The zero-order valence-corrected chi connectivity index (χ0v) is 17.6. The summed E-state index contributed by atoms with van der Waals surface area (Å²) in [5.41, 5.74) is 12.2. The smallest absolute Gasteiger partial charge is 0.248 e. The minimum atomic E-state index is -0.471. The van der Waals surface area contributed by atoms with Gasteiger partial charge >= 0.3 is 0 Å². The Labute approximate surface area is 182 Å². The molecule has 2 heterocycles. The third-order valence-electron chi connectivity index (χ3n) is 4.70. The Balaban J connectivity index is 1.65. The Morgan fingerprint density at radius 3 is 2.84 bits per heavy atom. The van der Waals surface area contributed by atoms with Gasteiger partial charge in [0.2, 0.25) is 5.91 Å². The summed E-state index contributed by atoms with van der Waals surface area (Å²) in [4.78, 5) is 21.2. The highest BCUT2D eigenvalue weighted by Crippen LogP contribution is 2.39. The number of nitrogens with one attached hydrogen (secondary N) is 1. The Bertz CT molecular complexity index is 1320. The molecular formula is C22H19N5O3S. The summed E-state index contributed by atoms with van der Waals surface area (Å²) in [5, 5.41) is 14.1. The number of benzene rings is 2. The van der Waals surface area contributed by atoms with Crippen LogP contribution in [0.1, 0.15) is 21.5 Å². The standard InChI is InChI=1S/C22H19N5O3S/c1-12-18-20(31-19(12)14-4-3-5-15(9-14)21(23)29)22(25-11-24-18)27-26-10-13-6-7-17(30-2)16(28)8-13/h3-11,28H,1-2H3,(H2,23,29)(H,24,25,27). The quantitative estimate of drug-likeness (QED) is 0.313. The van der Waals surface area contributed by atoms with E-state index < -0.39 is 5.91 Å². The summed E-state index contributed by atoms with van der Waals surface area (Å²) < 4.78 is 5.88. The molecule has 0 radical (unpaired) electrons. The van der Waals surface area contributed by atoms with Crippen molar-refractivity contribution in [2.45, 2.75) is 6.92 Å². The van der Waals surface area contributed by atoms with E-state index in [-0.39, 0.29) is 5.75 Å². The lowest BCUT2D eigenvalue weighted by atomic mass is 10.1. The fraction of sp³-hybridized carbons (Fsp3) is 0.0909. The van der Waals surface area contributed by atoms with Crippen molar-refractivity contribution in [3.05, 3.63) is 65.5 Å². The molecule has 156 valence electrons. The number of rotatable bonds is 6. The van der Waals surface area contributed by atoms with Gasteiger partial charge < -0.3 is 15.6 Å². The van der Waals surface area contributed by atoms with E-state index in [1.807, 2.05) is 13.0 Å². The maximum absolute atomic E-state index is 11.5. The van der Waals surface area contributed by atoms with Crippen LogP contribution in [0.15, 0.2) is 53.9 Å². The van der Waals surface area contributed by atoms with E-state index in [1.54, 1.807) is 42.6 Å². The van der Waals surface area contributed by atoms with Crippen LogP contribution in [0.25, 0.3) is 20.7 Å².